The maximum Gasteiger partial charge on any atom is 0.268 e. The monoisotopic (exact) mass is 189 g/mol. The van der Waals surface area contributed by atoms with Crippen molar-refractivity contribution in [1.29, 1.82) is 5.26 Å². The highest BCUT2D eigenvalue weighted by atomic mass is 16.1. The Morgan fingerprint density at radius 1 is 1.64 bits per heavy atom. The molecule has 1 aliphatic heterocycles. The van der Waals surface area contributed by atoms with Crippen molar-refractivity contribution in [2.45, 2.75) is 12.8 Å². The Kier molecular flexibility index (Phi) is 2.01. The molecule has 0 amide bonds. The molecule has 1 aromatic rings. The summed E-state index contributed by atoms with van der Waals surface area (Å²) in [5.41, 5.74) is 1.82. The third-order valence-electron chi connectivity index (χ3n) is 2.58. The number of aromatic amines is 1. The van der Waals surface area contributed by atoms with Gasteiger partial charge in [-0.25, -0.2) is 0 Å². The first kappa shape index (κ1) is 8.82. The molecule has 1 N–H and O–H groups in total. The highest BCUT2D eigenvalue weighted by Crippen LogP contribution is 2.26. The number of fused-ring (bicyclic) bond motifs is 1. The largest absolute Gasteiger partial charge is 0.373 e. The van der Waals surface area contributed by atoms with Crippen LogP contribution >= 0.6 is 0 Å². The summed E-state index contributed by atoms with van der Waals surface area (Å²) in [6.07, 6.45) is 3.72. The minimum absolute atomic E-state index is 0.240. The lowest BCUT2D eigenvalue weighted by Gasteiger charge is -2.27. The zero-order chi connectivity index (χ0) is 10.1. The standard InChI is InChI=1S/C10H11N3O/c1-13-4-2-3-7-6-12-10(14)8(5-11)9(7)13/h6H,2-4H2,1H3,(H,12,14). The summed E-state index contributed by atoms with van der Waals surface area (Å²) in [6, 6.07) is 1.97. The van der Waals surface area contributed by atoms with E-state index in [0.29, 0.717) is 0 Å². The van der Waals surface area contributed by atoms with Gasteiger partial charge in [-0.15, -0.1) is 0 Å². The van der Waals surface area contributed by atoms with Crippen LogP contribution in [0, 0.1) is 11.3 Å². The number of hydrogen-bond acceptors (Lipinski definition) is 3. The summed E-state index contributed by atoms with van der Waals surface area (Å²) >= 11 is 0. The summed E-state index contributed by atoms with van der Waals surface area (Å²) in [6.45, 7) is 0.908. The van der Waals surface area contributed by atoms with Crippen LogP contribution in [-0.4, -0.2) is 18.6 Å². The van der Waals surface area contributed by atoms with Crippen LogP contribution in [0.4, 0.5) is 5.69 Å². The number of H-pyrrole nitrogens is 1. The zero-order valence-corrected chi connectivity index (χ0v) is 8.00. The fourth-order valence-corrected chi connectivity index (χ4v) is 1.91. The van der Waals surface area contributed by atoms with Gasteiger partial charge in [-0.1, -0.05) is 0 Å². The van der Waals surface area contributed by atoms with Crippen LogP contribution in [0.2, 0.25) is 0 Å². The van der Waals surface area contributed by atoms with Crippen molar-refractivity contribution in [3.63, 3.8) is 0 Å². The number of aryl methyl sites for hydroxylation is 1. The van der Waals surface area contributed by atoms with Gasteiger partial charge in [0.1, 0.15) is 11.6 Å². The molecule has 0 saturated heterocycles. The van der Waals surface area contributed by atoms with Crippen molar-refractivity contribution < 1.29 is 0 Å². The predicted octanol–water partition coefficient (Wildman–Crippen LogP) is 0.629. The van der Waals surface area contributed by atoms with Crippen LogP contribution in [0.15, 0.2) is 11.0 Å². The lowest BCUT2D eigenvalue weighted by Crippen LogP contribution is -2.29. The van der Waals surface area contributed by atoms with Crippen LogP contribution in [0.25, 0.3) is 0 Å². The van der Waals surface area contributed by atoms with Crippen LogP contribution < -0.4 is 10.5 Å². The van der Waals surface area contributed by atoms with Crippen molar-refractivity contribution in [2.24, 2.45) is 0 Å². The molecular weight excluding hydrogens is 178 g/mol. The quantitative estimate of drug-likeness (QED) is 0.651. The molecule has 0 saturated carbocycles. The number of anilines is 1. The fourth-order valence-electron chi connectivity index (χ4n) is 1.91. The molecule has 0 aliphatic carbocycles. The second kappa shape index (κ2) is 3.18. The average molecular weight is 189 g/mol. The molecular formula is C10H11N3O. The Morgan fingerprint density at radius 3 is 3.14 bits per heavy atom. The summed E-state index contributed by atoms with van der Waals surface area (Å²) in [4.78, 5) is 15.9. The van der Waals surface area contributed by atoms with E-state index in [-0.39, 0.29) is 11.1 Å². The van der Waals surface area contributed by atoms with E-state index in [0.717, 1.165) is 30.6 Å². The summed E-state index contributed by atoms with van der Waals surface area (Å²) in [5, 5.41) is 8.90. The average Bonchev–Trinajstić information content (AvgIpc) is 2.19. The van der Waals surface area contributed by atoms with Gasteiger partial charge in [-0.2, -0.15) is 5.26 Å². The smallest absolute Gasteiger partial charge is 0.268 e. The van der Waals surface area contributed by atoms with Crippen LogP contribution in [0.3, 0.4) is 0 Å². The van der Waals surface area contributed by atoms with Gasteiger partial charge >= 0.3 is 0 Å². The highest BCUT2D eigenvalue weighted by Gasteiger charge is 2.19. The van der Waals surface area contributed by atoms with E-state index in [1.807, 2.05) is 18.0 Å². The molecule has 0 radical (unpaired) electrons. The second-order valence-electron chi connectivity index (χ2n) is 3.50. The van der Waals surface area contributed by atoms with E-state index < -0.39 is 0 Å². The zero-order valence-electron chi connectivity index (χ0n) is 8.00. The van der Waals surface area contributed by atoms with Gasteiger partial charge < -0.3 is 9.88 Å². The van der Waals surface area contributed by atoms with Gasteiger partial charge in [0.25, 0.3) is 5.56 Å². The van der Waals surface area contributed by atoms with Gasteiger partial charge in [-0.05, 0) is 18.4 Å². The van der Waals surface area contributed by atoms with Gasteiger partial charge in [0.15, 0.2) is 0 Å². The van der Waals surface area contributed by atoms with Crippen molar-refractivity contribution in [3.05, 3.63) is 27.7 Å². The predicted molar refractivity (Wildman–Crippen MR) is 53.4 cm³/mol. The number of rotatable bonds is 0. The number of aromatic nitrogens is 1. The van der Waals surface area contributed by atoms with Crippen molar-refractivity contribution in [1.82, 2.24) is 4.98 Å². The fraction of sp³-hybridized carbons (Fsp3) is 0.400. The molecule has 0 aromatic carbocycles. The summed E-state index contributed by atoms with van der Waals surface area (Å²) < 4.78 is 0. The number of hydrogen-bond donors (Lipinski definition) is 1. The summed E-state index contributed by atoms with van der Waals surface area (Å²) in [7, 11) is 1.91. The molecule has 0 spiro atoms. The molecule has 0 fully saturated rings. The number of nitrogens with zero attached hydrogens (tertiary/aromatic N) is 2. The second-order valence-corrected chi connectivity index (χ2v) is 3.50. The molecule has 4 heteroatoms. The van der Waals surface area contributed by atoms with E-state index >= 15 is 0 Å². The Morgan fingerprint density at radius 2 is 2.43 bits per heavy atom. The van der Waals surface area contributed by atoms with E-state index in [1.54, 1.807) is 6.20 Å². The minimum Gasteiger partial charge on any atom is -0.373 e. The van der Waals surface area contributed by atoms with Crippen molar-refractivity contribution >= 4 is 5.69 Å². The van der Waals surface area contributed by atoms with E-state index in [2.05, 4.69) is 4.98 Å². The van der Waals surface area contributed by atoms with Crippen molar-refractivity contribution in [3.8, 4) is 6.07 Å². The highest BCUT2D eigenvalue weighted by molar-refractivity contribution is 5.63. The molecule has 0 bridgehead atoms. The molecule has 14 heavy (non-hydrogen) atoms. The Bertz CT molecular complexity index is 455. The van der Waals surface area contributed by atoms with Crippen LogP contribution in [-0.2, 0) is 6.42 Å². The molecule has 4 nitrogen and oxygen atoms in total. The van der Waals surface area contributed by atoms with Crippen molar-refractivity contribution in [2.75, 3.05) is 18.5 Å². The number of nitriles is 1. The van der Waals surface area contributed by atoms with E-state index in [1.165, 1.54) is 0 Å². The van der Waals surface area contributed by atoms with Gasteiger partial charge in [0.05, 0.1) is 5.69 Å². The maximum atomic E-state index is 11.4. The topological polar surface area (TPSA) is 59.9 Å². The van der Waals surface area contributed by atoms with Gasteiger partial charge in [0, 0.05) is 19.8 Å². The molecule has 0 atom stereocenters. The molecule has 1 aromatic heterocycles. The van der Waals surface area contributed by atoms with Gasteiger partial charge in [-0.3, -0.25) is 4.79 Å². The Hall–Kier alpha value is -1.76. The lowest BCUT2D eigenvalue weighted by molar-refractivity contribution is 0.737. The maximum absolute atomic E-state index is 11.4. The lowest BCUT2D eigenvalue weighted by atomic mass is 10.0. The molecule has 1 aliphatic rings. The van der Waals surface area contributed by atoms with E-state index in [4.69, 9.17) is 5.26 Å². The first-order valence-electron chi connectivity index (χ1n) is 4.60. The molecule has 2 rings (SSSR count). The van der Waals surface area contributed by atoms with Gasteiger partial charge in [0.2, 0.25) is 0 Å². The molecule has 72 valence electrons. The Labute approximate surface area is 81.8 Å². The normalized spacial score (nSPS) is 14.7. The van der Waals surface area contributed by atoms with E-state index in [9.17, 15) is 4.79 Å². The third kappa shape index (κ3) is 1.18. The first-order chi connectivity index (χ1) is 6.74. The Balaban J connectivity index is 2.71. The molecule has 2 heterocycles. The number of nitrogens with one attached hydrogen (secondary N) is 1. The van der Waals surface area contributed by atoms with Crippen LogP contribution in [0.1, 0.15) is 17.5 Å². The van der Waals surface area contributed by atoms with Crippen LogP contribution in [0.5, 0.6) is 0 Å². The minimum atomic E-state index is -0.292. The first-order valence-corrected chi connectivity index (χ1v) is 4.60. The SMILES string of the molecule is CN1CCCc2c[nH]c(=O)c(C#N)c21. The summed E-state index contributed by atoms with van der Waals surface area (Å²) in [5.74, 6) is 0. The third-order valence-corrected chi connectivity index (χ3v) is 2.58. The number of pyridine rings is 1. The molecule has 0 unspecified atom stereocenters.